The number of anilines is 1. The van der Waals surface area contributed by atoms with Crippen LogP contribution in [0, 0.1) is 0 Å². The van der Waals surface area contributed by atoms with E-state index in [2.05, 4.69) is 39.2 Å². The molecule has 184 valence electrons. The summed E-state index contributed by atoms with van der Waals surface area (Å²) < 4.78 is 5.75. The average molecular weight is 494 g/mol. The number of aliphatic hydroxyl groups is 1. The van der Waals surface area contributed by atoms with E-state index in [-0.39, 0.29) is 12.7 Å². The van der Waals surface area contributed by atoms with E-state index in [1.165, 1.54) is 0 Å². The molecule has 0 saturated carbocycles. The van der Waals surface area contributed by atoms with Gasteiger partial charge in [0, 0.05) is 50.9 Å². The normalized spacial score (nSPS) is 16.0. The zero-order valence-electron chi connectivity index (χ0n) is 20.2. The molecule has 0 amide bonds. The van der Waals surface area contributed by atoms with Crippen molar-refractivity contribution in [3.8, 4) is 5.75 Å². The zero-order chi connectivity index (χ0) is 24.6. The minimum atomic E-state index is -0.658. The van der Waals surface area contributed by atoms with Crippen LogP contribution in [0.2, 0.25) is 5.02 Å². The van der Waals surface area contributed by atoms with Crippen LogP contribution in [0.4, 0.5) is 5.69 Å². The van der Waals surface area contributed by atoms with Gasteiger partial charge in [-0.15, -0.1) is 0 Å². The Labute approximate surface area is 212 Å². The number of para-hydroxylation sites is 1. The molecular formula is C28H32ClN3O3. The van der Waals surface area contributed by atoms with Gasteiger partial charge in [0.15, 0.2) is 0 Å². The van der Waals surface area contributed by atoms with E-state index in [0.717, 1.165) is 28.3 Å². The maximum Gasteiger partial charge on any atom is 0.145 e. The second kappa shape index (κ2) is 12.1. The highest BCUT2D eigenvalue weighted by Crippen LogP contribution is 2.21. The highest BCUT2D eigenvalue weighted by molar-refractivity contribution is 6.30. The molecule has 0 spiro atoms. The molecular weight excluding hydrogens is 462 g/mol. The maximum absolute atomic E-state index is 10.7. The quantitative estimate of drug-likeness (QED) is 0.414. The lowest BCUT2D eigenvalue weighted by molar-refractivity contribution is 0.0213. The summed E-state index contributed by atoms with van der Waals surface area (Å²) in [6.45, 7) is 1.90. The lowest BCUT2D eigenvalue weighted by atomic mass is 10.0. The predicted molar refractivity (Wildman–Crippen MR) is 141 cm³/mol. The minimum Gasteiger partial charge on any atom is -0.491 e. The van der Waals surface area contributed by atoms with Gasteiger partial charge in [0.2, 0.25) is 0 Å². The van der Waals surface area contributed by atoms with Gasteiger partial charge in [-0.05, 0) is 47.5 Å². The lowest BCUT2D eigenvalue weighted by Crippen LogP contribution is -2.39. The minimum absolute atomic E-state index is 0.0973. The molecule has 1 aliphatic rings. The number of oxime groups is 1. The van der Waals surface area contributed by atoms with Gasteiger partial charge in [-0.25, -0.2) is 0 Å². The second-order valence-corrected chi connectivity index (χ2v) is 9.45. The molecule has 1 heterocycles. The van der Waals surface area contributed by atoms with Gasteiger partial charge in [-0.3, -0.25) is 4.90 Å². The fraction of sp³-hybridized carbons (Fsp3) is 0.321. The summed E-state index contributed by atoms with van der Waals surface area (Å²) in [6, 6.07) is 25.6. The average Bonchev–Trinajstić information content (AvgIpc) is 3.32. The second-order valence-electron chi connectivity index (χ2n) is 9.01. The van der Waals surface area contributed by atoms with Gasteiger partial charge in [0.1, 0.15) is 24.6 Å². The van der Waals surface area contributed by atoms with E-state index < -0.39 is 6.10 Å². The van der Waals surface area contributed by atoms with E-state index in [0.29, 0.717) is 31.1 Å². The molecule has 0 bridgehead atoms. The van der Waals surface area contributed by atoms with Crippen molar-refractivity contribution in [2.45, 2.75) is 25.2 Å². The number of nitrogens with zero attached hydrogens (tertiary/aromatic N) is 3. The van der Waals surface area contributed by atoms with Gasteiger partial charge in [-0.1, -0.05) is 59.2 Å². The van der Waals surface area contributed by atoms with Crippen molar-refractivity contribution in [3.05, 3.63) is 95.0 Å². The van der Waals surface area contributed by atoms with Crippen LogP contribution in [-0.4, -0.2) is 61.7 Å². The fourth-order valence-electron chi connectivity index (χ4n) is 4.09. The summed E-state index contributed by atoms with van der Waals surface area (Å²) in [5.74, 6) is 0.741. The molecule has 0 fully saturated rings. The van der Waals surface area contributed by atoms with Crippen LogP contribution in [-0.2, 0) is 11.4 Å². The number of halogens is 1. The Morgan fingerprint density at radius 2 is 1.83 bits per heavy atom. The van der Waals surface area contributed by atoms with Crippen LogP contribution in [0.1, 0.15) is 17.5 Å². The highest BCUT2D eigenvalue weighted by atomic mass is 35.5. The number of aliphatic hydroxyl groups excluding tert-OH is 1. The number of hydrogen-bond acceptors (Lipinski definition) is 6. The van der Waals surface area contributed by atoms with E-state index in [1.54, 1.807) is 0 Å². The first-order valence-electron chi connectivity index (χ1n) is 11.8. The van der Waals surface area contributed by atoms with Crippen LogP contribution in [0.5, 0.6) is 5.75 Å². The van der Waals surface area contributed by atoms with Crippen molar-refractivity contribution in [2.24, 2.45) is 5.16 Å². The van der Waals surface area contributed by atoms with Crippen molar-refractivity contribution in [1.82, 2.24) is 4.90 Å². The standard InChI is InChI=1S/C28H32ClN3O3/c1-31(2)24-13-11-22(12-14-24)28-16-27(35-30-28)19-32(17-21-7-6-8-23(29)15-21)18-25(33)20-34-26-9-4-3-5-10-26/h3-15,25,27,33H,16-20H2,1-2H3/t25-,27-/m0/s1. The Bertz CT molecular complexity index is 1110. The van der Waals surface area contributed by atoms with E-state index >= 15 is 0 Å². The molecule has 3 aromatic carbocycles. The molecule has 0 aliphatic carbocycles. The highest BCUT2D eigenvalue weighted by Gasteiger charge is 2.26. The summed E-state index contributed by atoms with van der Waals surface area (Å²) in [6.07, 6.45) is -0.0426. The fourth-order valence-corrected chi connectivity index (χ4v) is 4.31. The summed E-state index contributed by atoms with van der Waals surface area (Å²) in [4.78, 5) is 10.0. The predicted octanol–water partition coefficient (Wildman–Crippen LogP) is 4.84. The monoisotopic (exact) mass is 493 g/mol. The molecule has 1 aliphatic heterocycles. The van der Waals surface area contributed by atoms with Crippen LogP contribution in [0.15, 0.2) is 84.0 Å². The molecule has 2 atom stereocenters. The van der Waals surface area contributed by atoms with Gasteiger partial charge in [-0.2, -0.15) is 0 Å². The van der Waals surface area contributed by atoms with E-state index in [4.69, 9.17) is 21.2 Å². The molecule has 0 aromatic heterocycles. The maximum atomic E-state index is 10.7. The third-order valence-electron chi connectivity index (χ3n) is 5.86. The van der Waals surface area contributed by atoms with Gasteiger partial charge in [0.25, 0.3) is 0 Å². The molecule has 0 radical (unpaired) electrons. The molecule has 1 N–H and O–H groups in total. The first kappa shape index (κ1) is 25.0. The summed E-state index contributed by atoms with van der Waals surface area (Å²) in [7, 11) is 4.05. The van der Waals surface area contributed by atoms with Crippen LogP contribution >= 0.6 is 11.6 Å². The smallest absolute Gasteiger partial charge is 0.145 e. The van der Waals surface area contributed by atoms with E-state index in [9.17, 15) is 5.11 Å². The molecule has 4 rings (SSSR count). The SMILES string of the molecule is CN(C)c1ccc(C2=NO[C@H](CN(Cc3cccc(Cl)c3)C[C@H](O)COc3ccccc3)C2)cc1. The number of ether oxygens (including phenoxy) is 1. The Balaban J connectivity index is 1.37. The van der Waals surface area contributed by atoms with Crippen molar-refractivity contribution in [1.29, 1.82) is 0 Å². The Morgan fingerprint density at radius 1 is 1.06 bits per heavy atom. The van der Waals surface area contributed by atoms with Crippen LogP contribution in [0.3, 0.4) is 0 Å². The topological polar surface area (TPSA) is 57.5 Å². The molecule has 0 saturated heterocycles. The van der Waals surface area contributed by atoms with Crippen molar-refractivity contribution >= 4 is 23.0 Å². The van der Waals surface area contributed by atoms with Crippen molar-refractivity contribution < 1.29 is 14.7 Å². The van der Waals surface area contributed by atoms with Gasteiger partial charge < -0.3 is 19.6 Å². The molecule has 0 unspecified atom stereocenters. The van der Waals surface area contributed by atoms with Crippen LogP contribution in [0.25, 0.3) is 0 Å². The largest absolute Gasteiger partial charge is 0.491 e. The third-order valence-corrected chi connectivity index (χ3v) is 6.10. The number of hydrogen-bond donors (Lipinski definition) is 1. The zero-order valence-corrected chi connectivity index (χ0v) is 20.9. The molecule has 7 heteroatoms. The van der Waals surface area contributed by atoms with Crippen molar-refractivity contribution in [3.63, 3.8) is 0 Å². The molecule has 6 nitrogen and oxygen atoms in total. The Hall–Kier alpha value is -3.06. The molecule has 3 aromatic rings. The first-order chi connectivity index (χ1) is 17.0. The van der Waals surface area contributed by atoms with Gasteiger partial charge in [0.05, 0.1) is 5.71 Å². The van der Waals surface area contributed by atoms with Crippen molar-refractivity contribution in [2.75, 3.05) is 38.7 Å². The van der Waals surface area contributed by atoms with Crippen LogP contribution < -0.4 is 9.64 Å². The van der Waals surface area contributed by atoms with E-state index in [1.807, 2.05) is 68.7 Å². The summed E-state index contributed by atoms with van der Waals surface area (Å²) in [5.41, 5.74) is 4.23. The van der Waals surface area contributed by atoms with Gasteiger partial charge >= 0.3 is 0 Å². The lowest BCUT2D eigenvalue weighted by Gasteiger charge is -2.27. The first-order valence-corrected chi connectivity index (χ1v) is 12.2. The summed E-state index contributed by atoms with van der Waals surface area (Å²) in [5, 5.41) is 15.8. The number of rotatable bonds is 11. The Morgan fingerprint density at radius 3 is 2.54 bits per heavy atom. The third kappa shape index (κ3) is 7.46. The molecule has 35 heavy (non-hydrogen) atoms. The summed E-state index contributed by atoms with van der Waals surface area (Å²) >= 11 is 6.21. The Kier molecular flexibility index (Phi) is 8.64. The number of benzene rings is 3.